The van der Waals surface area contributed by atoms with Gasteiger partial charge in [0, 0.05) is 11.6 Å². The minimum atomic E-state index is -1.03. The van der Waals surface area contributed by atoms with Crippen LogP contribution in [0.4, 0.5) is 0 Å². The zero-order valence-corrected chi connectivity index (χ0v) is 10.8. The third kappa shape index (κ3) is 3.51. The van der Waals surface area contributed by atoms with Crippen LogP contribution in [-0.2, 0) is 4.79 Å². The first kappa shape index (κ1) is 13.0. The summed E-state index contributed by atoms with van der Waals surface area (Å²) in [5, 5.41) is 8.60. The lowest BCUT2D eigenvalue weighted by Crippen LogP contribution is -2.11. The molecule has 0 aliphatic rings. The molecule has 1 N–H and O–H groups in total. The predicted octanol–water partition coefficient (Wildman–Crippen LogP) is 2.22. The molecule has 1 heterocycles. The predicted molar refractivity (Wildman–Crippen MR) is 70.1 cm³/mol. The second kappa shape index (κ2) is 5.48. The quantitative estimate of drug-likeness (QED) is 0.910. The van der Waals surface area contributed by atoms with Gasteiger partial charge in [0.25, 0.3) is 0 Å². The van der Waals surface area contributed by atoms with Gasteiger partial charge < -0.3 is 9.84 Å². The van der Waals surface area contributed by atoms with Crippen molar-refractivity contribution in [2.45, 2.75) is 13.8 Å². The Balaban J connectivity index is 2.33. The number of aryl methyl sites for hydroxylation is 2. The molecule has 5 heteroatoms. The molecule has 19 heavy (non-hydrogen) atoms. The molecule has 0 atom stereocenters. The Bertz CT molecular complexity index is 611. The molecule has 5 nitrogen and oxygen atoms in total. The molecule has 0 unspecified atom stereocenters. The van der Waals surface area contributed by atoms with E-state index in [4.69, 9.17) is 9.84 Å². The fourth-order valence-corrected chi connectivity index (χ4v) is 1.70. The monoisotopic (exact) mass is 258 g/mol. The summed E-state index contributed by atoms with van der Waals surface area (Å²) in [7, 11) is 0. The topological polar surface area (TPSA) is 72.3 Å². The third-order valence-corrected chi connectivity index (χ3v) is 2.47. The van der Waals surface area contributed by atoms with Crippen molar-refractivity contribution in [2.75, 3.05) is 6.61 Å². The van der Waals surface area contributed by atoms with Crippen molar-refractivity contribution in [3.63, 3.8) is 0 Å². The van der Waals surface area contributed by atoms with E-state index >= 15 is 0 Å². The first-order chi connectivity index (χ1) is 9.04. The van der Waals surface area contributed by atoms with Crippen LogP contribution < -0.4 is 4.74 Å². The fourth-order valence-electron chi connectivity index (χ4n) is 1.70. The van der Waals surface area contributed by atoms with E-state index in [-0.39, 0.29) is 5.88 Å². The van der Waals surface area contributed by atoms with E-state index in [0.717, 1.165) is 16.8 Å². The van der Waals surface area contributed by atoms with E-state index in [0.29, 0.717) is 5.82 Å². The average Bonchev–Trinajstić information content (AvgIpc) is 2.36. The highest BCUT2D eigenvalue weighted by molar-refractivity contribution is 5.68. The zero-order chi connectivity index (χ0) is 13.8. The van der Waals surface area contributed by atoms with Crippen molar-refractivity contribution in [3.05, 3.63) is 41.7 Å². The number of carboxylic acid groups (broad SMARTS) is 1. The molecule has 0 radical (unpaired) electrons. The van der Waals surface area contributed by atoms with Crippen LogP contribution in [0.5, 0.6) is 5.88 Å². The molecule has 0 fully saturated rings. The summed E-state index contributed by atoms with van der Waals surface area (Å²) in [5.41, 5.74) is 2.80. The molecule has 0 saturated heterocycles. The summed E-state index contributed by atoms with van der Waals surface area (Å²) in [6, 6.07) is 9.53. The minimum absolute atomic E-state index is 0.270. The van der Waals surface area contributed by atoms with Gasteiger partial charge in [-0.2, -0.15) is 4.98 Å². The van der Waals surface area contributed by atoms with Gasteiger partial charge in [0.2, 0.25) is 5.88 Å². The summed E-state index contributed by atoms with van der Waals surface area (Å²) >= 11 is 0. The number of nitrogens with zero attached hydrogens (tertiary/aromatic N) is 2. The fraction of sp³-hybridized carbons (Fsp3) is 0.214. The number of aromatic nitrogens is 2. The molecule has 2 rings (SSSR count). The smallest absolute Gasteiger partial charge is 0.341 e. The van der Waals surface area contributed by atoms with Gasteiger partial charge in [0.1, 0.15) is 5.82 Å². The maximum absolute atomic E-state index is 10.5. The molecule has 0 aliphatic carbocycles. The second-order valence-corrected chi connectivity index (χ2v) is 4.19. The maximum atomic E-state index is 10.5. The van der Waals surface area contributed by atoms with Crippen LogP contribution in [-0.4, -0.2) is 27.7 Å². The first-order valence-corrected chi connectivity index (χ1v) is 5.82. The Kier molecular flexibility index (Phi) is 3.75. The lowest BCUT2D eigenvalue weighted by atomic mass is 10.1. The van der Waals surface area contributed by atoms with Gasteiger partial charge in [-0.15, -0.1) is 0 Å². The van der Waals surface area contributed by atoms with Gasteiger partial charge in [0.15, 0.2) is 6.61 Å². The number of aliphatic carboxylic acids is 1. The summed E-state index contributed by atoms with van der Waals surface area (Å²) in [6.07, 6.45) is 0. The normalized spacial score (nSPS) is 10.2. The van der Waals surface area contributed by atoms with E-state index in [1.807, 2.05) is 31.2 Å². The van der Waals surface area contributed by atoms with Crippen molar-refractivity contribution < 1.29 is 14.6 Å². The molecular formula is C14H14N2O3. The number of rotatable bonds is 4. The van der Waals surface area contributed by atoms with Gasteiger partial charge >= 0.3 is 5.97 Å². The van der Waals surface area contributed by atoms with Crippen LogP contribution in [0, 0.1) is 13.8 Å². The number of hydrogen-bond donors (Lipinski definition) is 1. The summed E-state index contributed by atoms with van der Waals surface area (Å²) < 4.78 is 5.09. The number of ether oxygens (including phenoxy) is 1. The molecule has 0 saturated carbocycles. The van der Waals surface area contributed by atoms with Crippen molar-refractivity contribution in [3.8, 4) is 17.1 Å². The minimum Gasteiger partial charge on any atom is -0.479 e. The standard InChI is InChI=1S/C14H14N2O3/c1-9-4-3-5-11(6-9)12-7-13(16-10(2)15-12)19-8-14(17)18/h3-7H,8H2,1-2H3,(H,17,18). The lowest BCUT2D eigenvalue weighted by molar-refractivity contribution is -0.139. The third-order valence-electron chi connectivity index (χ3n) is 2.47. The van der Waals surface area contributed by atoms with E-state index in [1.165, 1.54) is 0 Å². The Morgan fingerprint density at radius 2 is 2.05 bits per heavy atom. The van der Waals surface area contributed by atoms with Crippen LogP contribution in [0.15, 0.2) is 30.3 Å². The Labute approximate surface area is 110 Å². The van der Waals surface area contributed by atoms with Gasteiger partial charge in [-0.25, -0.2) is 9.78 Å². The summed E-state index contributed by atoms with van der Waals surface area (Å²) in [5.74, 6) is -0.223. The van der Waals surface area contributed by atoms with Crippen molar-refractivity contribution >= 4 is 5.97 Å². The molecule has 1 aromatic heterocycles. The number of benzene rings is 1. The van der Waals surface area contributed by atoms with Crippen molar-refractivity contribution in [2.24, 2.45) is 0 Å². The van der Waals surface area contributed by atoms with Crippen LogP contribution in [0.1, 0.15) is 11.4 Å². The van der Waals surface area contributed by atoms with Crippen molar-refractivity contribution in [1.82, 2.24) is 9.97 Å². The number of carbonyl (C=O) groups is 1. The van der Waals surface area contributed by atoms with E-state index in [1.54, 1.807) is 13.0 Å². The average molecular weight is 258 g/mol. The number of hydrogen-bond acceptors (Lipinski definition) is 4. The highest BCUT2D eigenvalue weighted by Crippen LogP contribution is 2.21. The maximum Gasteiger partial charge on any atom is 0.341 e. The zero-order valence-electron chi connectivity index (χ0n) is 10.8. The van der Waals surface area contributed by atoms with Gasteiger partial charge in [-0.05, 0) is 19.9 Å². The molecule has 2 aromatic rings. The Morgan fingerprint density at radius 3 is 2.74 bits per heavy atom. The Morgan fingerprint density at radius 1 is 1.26 bits per heavy atom. The molecule has 98 valence electrons. The van der Waals surface area contributed by atoms with Gasteiger partial charge in [0.05, 0.1) is 5.69 Å². The molecular weight excluding hydrogens is 244 g/mol. The molecule has 0 aliphatic heterocycles. The molecule has 0 bridgehead atoms. The molecule has 1 aromatic carbocycles. The number of carboxylic acids is 1. The molecule has 0 amide bonds. The lowest BCUT2D eigenvalue weighted by Gasteiger charge is -2.07. The molecule has 0 spiro atoms. The summed E-state index contributed by atoms with van der Waals surface area (Å²) in [6.45, 7) is 3.33. The van der Waals surface area contributed by atoms with Crippen LogP contribution in [0.3, 0.4) is 0 Å². The largest absolute Gasteiger partial charge is 0.479 e. The SMILES string of the molecule is Cc1cccc(-c2cc(OCC(=O)O)nc(C)n2)c1. The second-order valence-electron chi connectivity index (χ2n) is 4.19. The van der Waals surface area contributed by atoms with Gasteiger partial charge in [-0.1, -0.05) is 23.8 Å². The van der Waals surface area contributed by atoms with Crippen LogP contribution in [0.25, 0.3) is 11.3 Å². The first-order valence-electron chi connectivity index (χ1n) is 5.82. The van der Waals surface area contributed by atoms with E-state index in [9.17, 15) is 4.79 Å². The van der Waals surface area contributed by atoms with Crippen molar-refractivity contribution in [1.29, 1.82) is 0 Å². The Hall–Kier alpha value is -2.43. The van der Waals surface area contributed by atoms with E-state index < -0.39 is 12.6 Å². The van der Waals surface area contributed by atoms with Crippen LogP contribution >= 0.6 is 0 Å². The van der Waals surface area contributed by atoms with E-state index in [2.05, 4.69) is 9.97 Å². The van der Waals surface area contributed by atoms with Gasteiger partial charge in [-0.3, -0.25) is 0 Å². The summed E-state index contributed by atoms with van der Waals surface area (Å²) in [4.78, 5) is 18.9. The van der Waals surface area contributed by atoms with Crippen LogP contribution in [0.2, 0.25) is 0 Å². The highest BCUT2D eigenvalue weighted by Gasteiger charge is 2.07. The highest BCUT2D eigenvalue weighted by atomic mass is 16.5.